The zero-order valence-corrected chi connectivity index (χ0v) is 19.4. The van der Waals surface area contributed by atoms with Crippen molar-refractivity contribution in [2.75, 3.05) is 11.4 Å². The fourth-order valence-electron chi connectivity index (χ4n) is 4.68. The molecule has 11 nitrogen and oxygen atoms in total. The molecule has 0 saturated carbocycles. The van der Waals surface area contributed by atoms with Gasteiger partial charge in [0.1, 0.15) is 17.8 Å². The molecule has 4 amide bonds. The molecule has 0 fully saturated rings. The Morgan fingerprint density at radius 3 is 2.61 bits per heavy atom. The second-order valence-corrected chi connectivity index (χ2v) is 8.74. The van der Waals surface area contributed by atoms with Crippen LogP contribution in [0.2, 0.25) is 0 Å². The third-order valence-corrected chi connectivity index (χ3v) is 6.40. The maximum Gasteiger partial charge on any atom is 0.251 e. The molecule has 0 radical (unpaired) electrons. The Morgan fingerprint density at radius 2 is 1.83 bits per heavy atom. The van der Waals surface area contributed by atoms with E-state index in [0.717, 1.165) is 16.8 Å². The molecule has 2 aliphatic rings. The van der Waals surface area contributed by atoms with Gasteiger partial charge < -0.3 is 16.0 Å². The number of hydrogen-bond acceptors (Lipinski definition) is 6. The van der Waals surface area contributed by atoms with Crippen LogP contribution in [-0.4, -0.2) is 57.7 Å². The topological polar surface area (TPSA) is 149 Å². The van der Waals surface area contributed by atoms with E-state index in [1.54, 1.807) is 36.5 Å². The monoisotopic (exact) mass is 487 g/mol. The maximum absolute atomic E-state index is 13.6. The average Bonchev–Trinajstić information content (AvgIpc) is 3.53. The number of nitrogens with zero attached hydrogens (tertiary/aromatic N) is 3. The zero-order valence-electron chi connectivity index (χ0n) is 19.4. The van der Waals surface area contributed by atoms with Crippen LogP contribution in [0.15, 0.2) is 54.7 Å². The number of hydrogen-bond donors (Lipinski definition) is 4. The molecule has 11 heteroatoms. The third-order valence-electron chi connectivity index (χ3n) is 6.40. The molecule has 3 heterocycles. The molecule has 2 aliphatic heterocycles. The molecule has 1 aromatic heterocycles. The van der Waals surface area contributed by atoms with Gasteiger partial charge in [-0.2, -0.15) is 0 Å². The van der Waals surface area contributed by atoms with Gasteiger partial charge in [0.25, 0.3) is 5.91 Å². The number of rotatable bonds is 7. The first-order chi connectivity index (χ1) is 17.5. The fourth-order valence-corrected chi connectivity index (χ4v) is 4.68. The molecular formula is C25H25N7O4. The number of amides is 4. The number of anilines is 1. The first-order valence-corrected chi connectivity index (χ1v) is 11.7. The Bertz CT molecular complexity index is 1290. The van der Waals surface area contributed by atoms with Gasteiger partial charge in [0.2, 0.25) is 17.7 Å². The highest BCUT2D eigenvalue weighted by atomic mass is 16.2. The van der Waals surface area contributed by atoms with Crippen LogP contribution in [-0.2, 0) is 33.8 Å². The number of benzene rings is 2. The van der Waals surface area contributed by atoms with Crippen LogP contribution in [0.3, 0.4) is 0 Å². The molecule has 2 atom stereocenters. The molecular weight excluding hydrogens is 462 g/mol. The minimum absolute atomic E-state index is 0.179. The molecule has 0 aliphatic carbocycles. The second kappa shape index (κ2) is 9.98. The van der Waals surface area contributed by atoms with Gasteiger partial charge in [-0.05, 0) is 36.1 Å². The van der Waals surface area contributed by atoms with Crippen molar-refractivity contribution in [3.05, 3.63) is 77.1 Å². The Labute approximate surface area is 206 Å². The van der Waals surface area contributed by atoms with Crippen LogP contribution in [0, 0.1) is 0 Å². The SMILES string of the molecule is O=C(CNC(=O)c1ccccc1)N[C@H]1CCc2cccc3c2N(C1=O)[C@H](C(=O)NCc1c[nH]nn1)C3. The first kappa shape index (κ1) is 23.2. The van der Waals surface area contributed by atoms with Gasteiger partial charge in [-0.15, -0.1) is 5.10 Å². The lowest BCUT2D eigenvalue weighted by Crippen LogP contribution is -2.55. The van der Waals surface area contributed by atoms with Gasteiger partial charge >= 0.3 is 0 Å². The summed E-state index contributed by atoms with van der Waals surface area (Å²) in [5.74, 6) is -1.51. The highest BCUT2D eigenvalue weighted by Crippen LogP contribution is 2.39. The summed E-state index contributed by atoms with van der Waals surface area (Å²) < 4.78 is 0. The maximum atomic E-state index is 13.6. The molecule has 36 heavy (non-hydrogen) atoms. The summed E-state index contributed by atoms with van der Waals surface area (Å²) >= 11 is 0. The number of carbonyl (C=O) groups excluding carboxylic acids is 4. The Kier molecular flexibility index (Phi) is 6.44. The summed E-state index contributed by atoms with van der Waals surface area (Å²) in [6, 6.07) is 12.8. The standard InChI is InChI=1S/C25H25N7O4/c33-21(14-27-23(34)16-5-2-1-3-6-16)29-19-10-9-15-7-4-8-17-11-20(32(22(15)17)25(19)36)24(35)26-12-18-13-28-31-30-18/h1-8,13,19-20H,9-12,14H2,(H,26,35)(H,27,34)(H,29,33)(H,28,30,31)/t19-,20-/m0/s1. The Hall–Kier alpha value is -4.54. The van der Waals surface area contributed by atoms with E-state index in [4.69, 9.17) is 0 Å². The van der Waals surface area contributed by atoms with Crippen molar-refractivity contribution < 1.29 is 19.2 Å². The normalized spacial score (nSPS) is 18.2. The molecule has 0 unspecified atom stereocenters. The van der Waals surface area contributed by atoms with E-state index in [0.29, 0.717) is 30.5 Å². The van der Waals surface area contributed by atoms with E-state index in [-0.39, 0.29) is 30.8 Å². The van der Waals surface area contributed by atoms with Gasteiger partial charge in [-0.1, -0.05) is 41.6 Å². The largest absolute Gasteiger partial charge is 0.348 e. The summed E-state index contributed by atoms with van der Waals surface area (Å²) in [7, 11) is 0. The molecule has 5 rings (SSSR count). The fraction of sp³-hybridized carbons (Fsp3) is 0.280. The number of aromatic nitrogens is 3. The predicted octanol–water partition coefficient (Wildman–Crippen LogP) is 0.240. The lowest BCUT2D eigenvalue weighted by Gasteiger charge is -2.27. The summed E-state index contributed by atoms with van der Waals surface area (Å²) in [5.41, 5.74) is 3.64. The minimum atomic E-state index is -0.824. The second-order valence-electron chi connectivity index (χ2n) is 8.74. The zero-order chi connectivity index (χ0) is 25.1. The smallest absolute Gasteiger partial charge is 0.251 e. The van der Waals surface area contributed by atoms with E-state index >= 15 is 0 Å². The molecule has 3 aromatic rings. The van der Waals surface area contributed by atoms with E-state index in [1.807, 2.05) is 18.2 Å². The summed E-state index contributed by atoms with van der Waals surface area (Å²) in [5, 5.41) is 18.2. The summed E-state index contributed by atoms with van der Waals surface area (Å²) in [4.78, 5) is 53.2. The number of aromatic amines is 1. The predicted molar refractivity (Wildman–Crippen MR) is 129 cm³/mol. The molecule has 2 aromatic carbocycles. The number of H-pyrrole nitrogens is 1. The van der Waals surface area contributed by atoms with Crippen molar-refractivity contribution in [2.24, 2.45) is 0 Å². The molecule has 184 valence electrons. The number of carbonyl (C=O) groups is 4. The van der Waals surface area contributed by atoms with Gasteiger partial charge in [0, 0.05) is 18.2 Å². The van der Waals surface area contributed by atoms with Crippen LogP contribution >= 0.6 is 0 Å². The first-order valence-electron chi connectivity index (χ1n) is 11.7. The number of para-hydroxylation sites is 1. The van der Waals surface area contributed by atoms with Crippen molar-refractivity contribution in [3.8, 4) is 0 Å². The average molecular weight is 488 g/mol. The Morgan fingerprint density at radius 1 is 1.03 bits per heavy atom. The van der Waals surface area contributed by atoms with Crippen molar-refractivity contribution >= 4 is 29.3 Å². The highest BCUT2D eigenvalue weighted by molar-refractivity contribution is 6.08. The van der Waals surface area contributed by atoms with Crippen LogP contribution in [0.1, 0.15) is 33.6 Å². The van der Waals surface area contributed by atoms with Gasteiger partial charge in [-0.3, -0.25) is 29.2 Å². The summed E-state index contributed by atoms with van der Waals surface area (Å²) in [6.07, 6.45) is 2.92. The van der Waals surface area contributed by atoms with Crippen LogP contribution in [0.4, 0.5) is 5.69 Å². The van der Waals surface area contributed by atoms with Crippen LogP contribution < -0.4 is 20.9 Å². The van der Waals surface area contributed by atoms with Gasteiger partial charge in [0.05, 0.1) is 18.8 Å². The summed E-state index contributed by atoms with van der Waals surface area (Å²) in [6.45, 7) is -0.0876. The van der Waals surface area contributed by atoms with Crippen molar-refractivity contribution in [3.63, 3.8) is 0 Å². The van der Waals surface area contributed by atoms with E-state index < -0.39 is 18.0 Å². The van der Waals surface area contributed by atoms with Crippen molar-refractivity contribution in [2.45, 2.75) is 37.9 Å². The van der Waals surface area contributed by atoms with E-state index in [2.05, 4.69) is 31.4 Å². The van der Waals surface area contributed by atoms with E-state index in [1.165, 1.54) is 4.90 Å². The van der Waals surface area contributed by atoms with Crippen LogP contribution in [0.25, 0.3) is 0 Å². The van der Waals surface area contributed by atoms with E-state index in [9.17, 15) is 19.2 Å². The quantitative estimate of drug-likeness (QED) is 0.375. The van der Waals surface area contributed by atoms with Crippen molar-refractivity contribution in [1.82, 2.24) is 31.4 Å². The lowest BCUT2D eigenvalue weighted by atomic mass is 10.0. The van der Waals surface area contributed by atoms with Gasteiger partial charge in [-0.25, -0.2) is 0 Å². The van der Waals surface area contributed by atoms with Crippen molar-refractivity contribution in [1.29, 1.82) is 0 Å². The minimum Gasteiger partial charge on any atom is -0.348 e. The molecule has 0 spiro atoms. The molecule has 0 saturated heterocycles. The van der Waals surface area contributed by atoms with Crippen LogP contribution in [0.5, 0.6) is 0 Å². The lowest BCUT2D eigenvalue weighted by molar-refractivity contribution is -0.129. The van der Waals surface area contributed by atoms with Gasteiger partial charge in [0.15, 0.2) is 0 Å². The highest BCUT2D eigenvalue weighted by Gasteiger charge is 2.43. The molecule has 0 bridgehead atoms. The molecule has 4 N–H and O–H groups in total. The third kappa shape index (κ3) is 4.67. The number of aryl methyl sites for hydroxylation is 1. The Balaban J connectivity index is 1.28. The number of nitrogens with one attached hydrogen (secondary N) is 4.